The standard InChI is InChI=1S/C14H24O3/c1-12(8-5-10-15)6-4-7-13(2)9-11-17-14(3)16/h6,10,13H,4-5,7-9,11H2,1-3H3/b12-6-. The molecule has 1 atom stereocenters. The topological polar surface area (TPSA) is 43.4 Å². The maximum absolute atomic E-state index is 10.6. The van der Waals surface area contributed by atoms with E-state index in [1.807, 2.05) is 0 Å². The molecule has 0 rings (SSSR count). The molecule has 0 radical (unpaired) electrons. The van der Waals surface area contributed by atoms with Crippen LogP contribution in [0.4, 0.5) is 0 Å². The van der Waals surface area contributed by atoms with Crippen molar-refractivity contribution in [2.45, 2.75) is 52.9 Å². The van der Waals surface area contributed by atoms with Gasteiger partial charge in [0.25, 0.3) is 0 Å². The fourth-order valence-electron chi connectivity index (χ4n) is 1.55. The van der Waals surface area contributed by atoms with Gasteiger partial charge in [0.1, 0.15) is 6.29 Å². The molecule has 0 aliphatic carbocycles. The van der Waals surface area contributed by atoms with Crippen LogP contribution < -0.4 is 0 Å². The first-order chi connectivity index (χ1) is 8.06. The molecule has 0 fully saturated rings. The van der Waals surface area contributed by atoms with E-state index in [9.17, 15) is 9.59 Å². The van der Waals surface area contributed by atoms with Crippen LogP contribution in [0.25, 0.3) is 0 Å². The Morgan fingerprint density at radius 2 is 1.94 bits per heavy atom. The van der Waals surface area contributed by atoms with Crippen molar-refractivity contribution in [3.05, 3.63) is 11.6 Å². The Morgan fingerprint density at radius 3 is 2.53 bits per heavy atom. The molecule has 0 N–H and O–H groups in total. The highest BCUT2D eigenvalue weighted by molar-refractivity contribution is 5.65. The zero-order valence-corrected chi connectivity index (χ0v) is 11.2. The molecule has 0 aliphatic rings. The summed E-state index contributed by atoms with van der Waals surface area (Å²) in [7, 11) is 0. The molecular formula is C14H24O3. The number of carbonyl (C=O) groups excluding carboxylic acids is 2. The van der Waals surface area contributed by atoms with Gasteiger partial charge in [-0.15, -0.1) is 0 Å². The van der Waals surface area contributed by atoms with E-state index in [4.69, 9.17) is 4.74 Å². The molecule has 0 aliphatic heterocycles. The second kappa shape index (κ2) is 10.1. The van der Waals surface area contributed by atoms with Crippen molar-refractivity contribution in [2.24, 2.45) is 5.92 Å². The first-order valence-electron chi connectivity index (χ1n) is 6.29. The Balaban J connectivity index is 3.58. The van der Waals surface area contributed by atoms with Crippen LogP contribution in [0.1, 0.15) is 52.9 Å². The lowest BCUT2D eigenvalue weighted by Gasteiger charge is -2.09. The predicted molar refractivity (Wildman–Crippen MR) is 68.7 cm³/mol. The Kier molecular flexibility index (Phi) is 9.40. The Labute approximate surface area is 104 Å². The molecule has 0 aromatic rings. The van der Waals surface area contributed by atoms with Crippen molar-refractivity contribution in [2.75, 3.05) is 6.61 Å². The first kappa shape index (κ1) is 15.9. The van der Waals surface area contributed by atoms with Crippen molar-refractivity contribution < 1.29 is 14.3 Å². The van der Waals surface area contributed by atoms with E-state index >= 15 is 0 Å². The third-order valence-electron chi connectivity index (χ3n) is 2.72. The average molecular weight is 240 g/mol. The number of aldehydes is 1. The van der Waals surface area contributed by atoms with Gasteiger partial charge in [-0.2, -0.15) is 0 Å². The third-order valence-corrected chi connectivity index (χ3v) is 2.72. The van der Waals surface area contributed by atoms with Crippen molar-refractivity contribution in [1.29, 1.82) is 0 Å². The summed E-state index contributed by atoms with van der Waals surface area (Å²) in [4.78, 5) is 20.8. The highest BCUT2D eigenvalue weighted by atomic mass is 16.5. The van der Waals surface area contributed by atoms with Crippen molar-refractivity contribution in [3.63, 3.8) is 0 Å². The maximum Gasteiger partial charge on any atom is 0.302 e. The van der Waals surface area contributed by atoms with Crippen LogP contribution in [0.2, 0.25) is 0 Å². The smallest absolute Gasteiger partial charge is 0.302 e. The Bertz CT molecular complexity index is 256. The van der Waals surface area contributed by atoms with E-state index in [0.717, 1.165) is 32.0 Å². The van der Waals surface area contributed by atoms with Gasteiger partial charge in [0.15, 0.2) is 0 Å². The molecule has 0 saturated carbocycles. The van der Waals surface area contributed by atoms with E-state index in [1.54, 1.807) is 0 Å². The quantitative estimate of drug-likeness (QED) is 0.353. The molecule has 17 heavy (non-hydrogen) atoms. The van der Waals surface area contributed by atoms with E-state index < -0.39 is 0 Å². The SMILES string of the molecule is CC(=O)OCCC(C)CC/C=C(/C)CCC=O. The summed E-state index contributed by atoms with van der Waals surface area (Å²) in [6.45, 7) is 6.18. The van der Waals surface area contributed by atoms with E-state index in [2.05, 4.69) is 19.9 Å². The van der Waals surface area contributed by atoms with Crippen LogP contribution in [0.15, 0.2) is 11.6 Å². The van der Waals surface area contributed by atoms with Crippen molar-refractivity contribution >= 4 is 12.3 Å². The number of allylic oxidation sites excluding steroid dienone is 2. The molecule has 0 aromatic carbocycles. The van der Waals surface area contributed by atoms with Crippen LogP contribution in [0.5, 0.6) is 0 Å². The van der Waals surface area contributed by atoms with Gasteiger partial charge in [-0.05, 0) is 38.5 Å². The van der Waals surface area contributed by atoms with Gasteiger partial charge in [-0.3, -0.25) is 4.79 Å². The molecule has 0 bridgehead atoms. The zero-order chi connectivity index (χ0) is 13.1. The van der Waals surface area contributed by atoms with Crippen LogP contribution >= 0.6 is 0 Å². The second-order valence-electron chi connectivity index (χ2n) is 4.57. The zero-order valence-electron chi connectivity index (χ0n) is 11.2. The monoisotopic (exact) mass is 240 g/mol. The summed E-state index contributed by atoms with van der Waals surface area (Å²) in [5.74, 6) is 0.353. The number of rotatable bonds is 9. The molecule has 3 heteroatoms. The van der Waals surface area contributed by atoms with Crippen LogP contribution in [0.3, 0.4) is 0 Å². The average Bonchev–Trinajstić information content (AvgIpc) is 2.25. The van der Waals surface area contributed by atoms with Gasteiger partial charge in [0.05, 0.1) is 6.61 Å². The minimum atomic E-state index is -0.207. The summed E-state index contributed by atoms with van der Waals surface area (Å²) in [6.07, 6.45) is 7.69. The molecule has 0 spiro atoms. The van der Waals surface area contributed by atoms with Crippen molar-refractivity contribution in [1.82, 2.24) is 0 Å². The minimum absolute atomic E-state index is 0.207. The third kappa shape index (κ3) is 11.1. The largest absolute Gasteiger partial charge is 0.466 e. The fraction of sp³-hybridized carbons (Fsp3) is 0.714. The van der Waals surface area contributed by atoms with Gasteiger partial charge in [0.2, 0.25) is 0 Å². The van der Waals surface area contributed by atoms with Gasteiger partial charge >= 0.3 is 5.97 Å². The number of hydrogen-bond donors (Lipinski definition) is 0. The molecular weight excluding hydrogens is 216 g/mol. The van der Waals surface area contributed by atoms with Gasteiger partial charge < -0.3 is 9.53 Å². The molecule has 0 heterocycles. The van der Waals surface area contributed by atoms with Crippen LogP contribution in [0, 0.1) is 5.92 Å². The highest BCUT2D eigenvalue weighted by Crippen LogP contribution is 2.13. The summed E-state index contributed by atoms with van der Waals surface area (Å²) < 4.78 is 4.90. The minimum Gasteiger partial charge on any atom is -0.466 e. The van der Waals surface area contributed by atoms with E-state index in [1.165, 1.54) is 12.5 Å². The van der Waals surface area contributed by atoms with E-state index in [0.29, 0.717) is 18.9 Å². The summed E-state index contributed by atoms with van der Waals surface area (Å²) >= 11 is 0. The molecule has 0 aromatic heterocycles. The molecule has 0 saturated heterocycles. The lowest BCUT2D eigenvalue weighted by molar-refractivity contribution is -0.141. The number of hydrogen-bond acceptors (Lipinski definition) is 3. The van der Waals surface area contributed by atoms with Crippen LogP contribution in [-0.4, -0.2) is 18.9 Å². The van der Waals surface area contributed by atoms with Gasteiger partial charge in [0, 0.05) is 13.3 Å². The molecule has 98 valence electrons. The molecule has 3 nitrogen and oxygen atoms in total. The van der Waals surface area contributed by atoms with Gasteiger partial charge in [-0.25, -0.2) is 0 Å². The normalized spacial score (nSPS) is 13.2. The lowest BCUT2D eigenvalue weighted by atomic mass is 10.0. The summed E-state index contributed by atoms with van der Waals surface area (Å²) in [5.41, 5.74) is 1.28. The van der Waals surface area contributed by atoms with Crippen molar-refractivity contribution in [3.8, 4) is 0 Å². The van der Waals surface area contributed by atoms with Gasteiger partial charge in [-0.1, -0.05) is 18.6 Å². The fourth-order valence-corrected chi connectivity index (χ4v) is 1.55. The number of carbonyl (C=O) groups is 2. The maximum atomic E-state index is 10.6. The Hall–Kier alpha value is -1.12. The predicted octanol–water partition coefficient (Wildman–Crippen LogP) is 3.28. The summed E-state index contributed by atoms with van der Waals surface area (Å²) in [6, 6.07) is 0. The summed E-state index contributed by atoms with van der Waals surface area (Å²) in [5, 5.41) is 0. The second-order valence-corrected chi connectivity index (χ2v) is 4.57. The molecule has 1 unspecified atom stereocenters. The van der Waals surface area contributed by atoms with Crippen LogP contribution in [-0.2, 0) is 14.3 Å². The number of ether oxygens (including phenoxy) is 1. The first-order valence-corrected chi connectivity index (χ1v) is 6.29. The molecule has 0 amide bonds. The number of esters is 1. The Morgan fingerprint density at radius 1 is 1.24 bits per heavy atom. The lowest BCUT2D eigenvalue weighted by Crippen LogP contribution is -2.05. The highest BCUT2D eigenvalue weighted by Gasteiger charge is 2.02. The van der Waals surface area contributed by atoms with E-state index in [-0.39, 0.29) is 5.97 Å².